The van der Waals surface area contributed by atoms with Gasteiger partial charge in [-0.25, -0.2) is 19.0 Å². The summed E-state index contributed by atoms with van der Waals surface area (Å²) in [6.07, 6.45) is 3.14. The van der Waals surface area contributed by atoms with Gasteiger partial charge in [-0.2, -0.15) is 0 Å². The number of nitrogens with one attached hydrogen (secondary N) is 1. The molecule has 8 heteroatoms. The molecule has 0 bridgehead atoms. The fraction of sp³-hybridized carbons (Fsp3) is 0.294. The van der Waals surface area contributed by atoms with Crippen LogP contribution in [0.3, 0.4) is 0 Å². The zero-order valence-corrected chi connectivity index (χ0v) is 17.0. The van der Waals surface area contributed by atoms with E-state index >= 15 is 0 Å². The molecule has 0 fully saturated rings. The molecule has 0 aliphatic carbocycles. The van der Waals surface area contributed by atoms with Crippen LogP contribution in [-0.4, -0.2) is 40.3 Å². The van der Waals surface area contributed by atoms with Crippen LogP contribution in [0.1, 0.15) is 12.6 Å². The maximum Gasteiger partial charge on any atom is 0.233 e. The maximum atomic E-state index is 11.9. The monoisotopic (exact) mass is 424 g/mol. The molecule has 1 N–H and O–H groups in total. The zero-order chi connectivity index (χ0) is 18.6. The number of hydrogen-bond acceptors (Lipinski definition) is 5. The van der Waals surface area contributed by atoms with Crippen molar-refractivity contribution in [2.75, 3.05) is 19.8 Å². The third-order valence-corrected chi connectivity index (χ3v) is 5.19. The molecule has 2 aromatic rings. The molecule has 0 saturated carbocycles. The first-order valence-corrected chi connectivity index (χ1v) is 10.4. The summed E-state index contributed by atoms with van der Waals surface area (Å²) in [5.74, 6) is 0.874. The summed E-state index contributed by atoms with van der Waals surface area (Å²) in [6, 6.07) is 8.54. The van der Waals surface area contributed by atoms with Crippen LogP contribution in [0.15, 0.2) is 44.7 Å². The lowest BCUT2D eigenvalue weighted by Gasteiger charge is -2.11. The molecule has 0 aliphatic rings. The third-order valence-electron chi connectivity index (χ3n) is 3.47. The van der Waals surface area contributed by atoms with Gasteiger partial charge < -0.3 is 9.64 Å². The highest BCUT2D eigenvalue weighted by molar-refractivity contribution is 9.10. The van der Waals surface area contributed by atoms with E-state index in [9.17, 15) is 4.21 Å². The first-order chi connectivity index (χ1) is 11.7. The molecule has 1 atom stereocenters. The molecule has 0 spiro atoms. The van der Waals surface area contributed by atoms with Gasteiger partial charge in [0.05, 0.1) is 36.8 Å². The van der Waals surface area contributed by atoms with Crippen molar-refractivity contribution in [1.29, 1.82) is 4.78 Å². The number of nitrogens with zero attached hydrogens (tertiary/aromatic N) is 3. The average Bonchev–Trinajstić information content (AvgIpc) is 2.55. The molecule has 0 saturated heterocycles. The van der Waals surface area contributed by atoms with Crippen molar-refractivity contribution in [3.63, 3.8) is 0 Å². The van der Waals surface area contributed by atoms with Crippen molar-refractivity contribution in [2.24, 2.45) is 4.99 Å². The van der Waals surface area contributed by atoms with Crippen LogP contribution >= 0.6 is 15.9 Å². The van der Waals surface area contributed by atoms with E-state index in [4.69, 9.17) is 9.52 Å². The molecule has 25 heavy (non-hydrogen) atoms. The van der Waals surface area contributed by atoms with Crippen molar-refractivity contribution in [3.8, 4) is 11.6 Å². The molecule has 134 valence electrons. The average molecular weight is 425 g/mol. The standard InChI is InChI=1S/C17H21BrN4O2S/c1-5-22(3)11-20-16-10-15(18)17(21-12(16)2)24-13-7-6-8-14(9-13)25(4,19)23/h6-11,19H,5H2,1-4H3/b20-11-. The second-order valence-corrected chi connectivity index (χ2v) is 8.63. The normalized spacial score (nSPS) is 13.6. The van der Waals surface area contributed by atoms with E-state index in [1.807, 2.05) is 31.9 Å². The highest BCUT2D eigenvalue weighted by atomic mass is 79.9. The lowest BCUT2D eigenvalue weighted by Crippen LogP contribution is -2.14. The summed E-state index contributed by atoms with van der Waals surface area (Å²) >= 11 is 3.45. The number of aliphatic imine (C=N–C) groups is 1. The number of aromatic nitrogens is 1. The SMILES string of the molecule is CCN(C)/C=N\c1cc(Br)c(Oc2cccc(S(C)(=N)=O)c2)nc1C. The summed E-state index contributed by atoms with van der Waals surface area (Å²) in [4.78, 5) is 11.2. The smallest absolute Gasteiger partial charge is 0.233 e. The van der Waals surface area contributed by atoms with E-state index in [0.29, 0.717) is 21.0 Å². The fourth-order valence-corrected chi connectivity index (χ4v) is 2.95. The Kier molecular flexibility index (Phi) is 6.18. The van der Waals surface area contributed by atoms with E-state index in [1.165, 1.54) is 6.26 Å². The fourth-order valence-electron chi connectivity index (χ4n) is 1.89. The van der Waals surface area contributed by atoms with Gasteiger partial charge in [0.15, 0.2) is 0 Å². The van der Waals surface area contributed by atoms with Gasteiger partial charge >= 0.3 is 0 Å². The minimum Gasteiger partial charge on any atom is -0.438 e. The quantitative estimate of drug-likeness (QED) is 0.542. The number of benzene rings is 1. The summed E-state index contributed by atoms with van der Waals surface area (Å²) in [5, 5.41) is 0. The molecule has 0 aliphatic heterocycles. The molecule has 1 heterocycles. The van der Waals surface area contributed by atoms with Crippen molar-refractivity contribution in [2.45, 2.75) is 18.7 Å². The topological polar surface area (TPSA) is 78.6 Å². The van der Waals surface area contributed by atoms with E-state index in [1.54, 1.807) is 30.6 Å². The first-order valence-electron chi connectivity index (χ1n) is 7.64. The Balaban J connectivity index is 2.30. The Morgan fingerprint density at radius 2 is 2.16 bits per heavy atom. The zero-order valence-electron chi connectivity index (χ0n) is 14.6. The predicted octanol–water partition coefficient (Wildman–Crippen LogP) is 4.59. The van der Waals surface area contributed by atoms with Gasteiger partial charge in [-0.05, 0) is 54.0 Å². The number of hydrogen-bond donors (Lipinski definition) is 1. The van der Waals surface area contributed by atoms with Crippen molar-refractivity contribution >= 4 is 37.7 Å². The van der Waals surface area contributed by atoms with E-state index in [-0.39, 0.29) is 0 Å². The number of halogens is 1. The van der Waals surface area contributed by atoms with Crippen LogP contribution in [0.25, 0.3) is 0 Å². The van der Waals surface area contributed by atoms with Gasteiger partial charge in [0.2, 0.25) is 5.88 Å². The van der Waals surface area contributed by atoms with Crippen molar-refractivity contribution in [3.05, 3.63) is 40.5 Å². The van der Waals surface area contributed by atoms with Crippen LogP contribution in [0.2, 0.25) is 0 Å². The Hall–Kier alpha value is -1.93. The second-order valence-electron chi connectivity index (χ2n) is 5.62. The number of ether oxygens (including phenoxy) is 1. The molecular formula is C17H21BrN4O2S. The Morgan fingerprint density at radius 1 is 1.44 bits per heavy atom. The largest absolute Gasteiger partial charge is 0.438 e. The molecular weight excluding hydrogens is 404 g/mol. The Labute approximate surface area is 157 Å². The van der Waals surface area contributed by atoms with Gasteiger partial charge in [-0.3, -0.25) is 0 Å². The van der Waals surface area contributed by atoms with Gasteiger partial charge in [-0.1, -0.05) is 6.07 Å². The minimum atomic E-state index is -2.80. The molecule has 2 rings (SSSR count). The van der Waals surface area contributed by atoms with E-state index in [2.05, 4.69) is 25.9 Å². The maximum absolute atomic E-state index is 11.9. The lowest BCUT2D eigenvalue weighted by molar-refractivity contribution is 0.457. The molecule has 1 unspecified atom stereocenters. The Morgan fingerprint density at radius 3 is 2.80 bits per heavy atom. The summed E-state index contributed by atoms with van der Waals surface area (Å²) in [7, 11) is -0.848. The summed E-state index contributed by atoms with van der Waals surface area (Å²) < 4.78 is 26.0. The number of pyridine rings is 1. The first kappa shape index (κ1) is 19.4. The van der Waals surface area contributed by atoms with Gasteiger partial charge in [0.25, 0.3) is 0 Å². The van der Waals surface area contributed by atoms with Gasteiger partial charge in [0, 0.05) is 19.8 Å². The number of aryl methyl sites for hydroxylation is 1. The van der Waals surface area contributed by atoms with Crippen molar-refractivity contribution in [1.82, 2.24) is 9.88 Å². The van der Waals surface area contributed by atoms with Crippen LogP contribution in [0, 0.1) is 11.7 Å². The number of rotatable bonds is 6. The van der Waals surface area contributed by atoms with E-state index < -0.39 is 9.73 Å². The van der Waals surface area contributed by atoms with Crippen LogP contribution < -0.4 is 4.74 Å². The lowest BCUT2D eigenvalue weighted by atomic mass is 10.3. The molecule has 6 nitrogen and oxygen atoms in total. The van der Waals surface area contributed by atoms with Crippen LogP contribution in [0.5, 0.6) is 11.6 Å². The van der Waals surface area contributed by atoms with Crippen LogP contribution in [0.4, 0.5) is 5.69 Å². The third kappa shape index (κ3) is 5.27. The second kappa shape index (κ2) is 7.97. The Bertz CT molecular complexity index is 898. The van der Waals surface area contributed by atoms with Crippen molar-refractivity contribution < 1.29 is 8.95 Å². The molecule has 0 radical (unpaired) electrons. The summed E-state index contributed by atoms with van der Waals surface area (Å²) in [5.41, 5.74) is 1.48. The van der Waals surface area contributed by atoms with Crippen LogP contribution in [-0.2, 0) is 9.73 Å². The minimum absolute atomic E-state index is 0.394. The highest BCUT2D eigenvalue weighted by Crippen LogP contribution is 2.33. The van der Waals surface area contributed by atoms with E-state index in [0.717, 1.165) is 17.9 Å². The molecule has 1 aromatic heterocycles. The highest BCUT2D eigenvalue weighted by Gasteiger charge is 2.11. The summed E-state index contributed by atoms with van der Waals surface area (Å²) in [6.45, 7) is 4.77. The molecule has 0 amide bonds. The van der Waals surface area contributed by atoms with Gasteiger partial charge in [0.1, 0.15) is 5.75 Å². The predicted molar refractivity (Wildman–Crippen MR) is 105 cm³/mol. The molecule has 1 aromatic carbocycles. The van der Waals surface area contributed by atoms with Gasteiger partial charge in [-0.15, -0.1) is 0 Å².